The third-order valence-electron chi connectivity index (χ3n) is 3.61. The van der Waals surface area contributed by atoms with Crippen molar-refractivity contribution in [1.29, 1.82) is 0 Å². The fraction of sp³-hybridized carbons (Fsp3) is 0.600. The first-order valence-corrected chi connectivity index (χ1v) is 6.87. The van der Waals surface area contributed by atoms with Crippen molar-refractivity contribution in [1.82, 2.24) is 0 Å². The number of hydrogen-bond donors (Lipinski definition) is 0. The Kier molecular flexibility index (Phi) is 4.99. The van der Waals surface area contributed by atoms with E-state index in [4.69, 9.17) is 0 Å². The molecule has 1 heteroatoms. The molecule has 3 unspecified atom stereocenters. The largest absolute Gasteiger partial charge is 0.114 e. The molecule has 1 aliphatic rings. The molecule has 0 radical (unpaired) electrons. The van der Waals surface area contributed by atoms with Crippen LogP contribution in [0.2, 0.25) is 0 Å². The minimum absolute atomic E-state index is 0.416. The first-order valence-electron chi connectivity index (χ1n) is 6.21. The highest BCUT2D eigenvalue weighted by Gasteiger charge is 2.30. The number of rotatable bonds is 3. The maximum absolute atomic E-state index is 2.63. The first kappa shape index (κ1) is 13.7. The van der Waals surface area contributed by atoms with E-state index in [1.165, 1.54) is 18.4 Å². The lowest BCUT2D eigenvalue weighted by Crippen LogP contribution is -2.26. The standard InChI is InChI=1S/C15H25P/c1-12(9-11-16)7-8-14-13(2)6-5-10-15(14,3)4/h6-9,11-12,14H,5,10,16H2,1-4H3. The van der Waals surface area contributed by atoms with E-state index in [2.05, 4.69) is 61.2 Å². The number of hydrogen-bond acceptors (Lipinski definition) is 0. The Morgan fingerprint density at radius 3 is 2.69 bits per heavy atom. The highest BCUT2D eigenvalue weighted by atomic mass is 31.0. The van der Waals surface area contributed by atoms with Crippen molar-refractivity contribution in [3.8, 4) is 0 Å². The van der Waals surface area contributed by atoms with E-state index < -0.39 is 0 Å². The molecule has 1 rings (SSSR count). The highest BCUT2D eigenvalue weighted by Crippen LogP contribution is 2.41. The summed E-state index contributed by atoms with van der Waals surface area (Å²) in [6, 6.07) is 0. The molecule has 1 aliphatic carbocycles. The second-order valence-corrected chi connectivity index (χ2v) is 5.97. The first-order chi connectivity index (χ1) is 7.47. The molecule has 0 spiro atoms. The smallest absolute Gasteiger partial charge is 0.00255 e. The zero-order chi connectivity index (χ0) is 12.2. The van der Waals surface area contributed by atoms with Crippen molar-refractivity contribution in [2.45, 2.75) is 40.5 Å². The molecule has 0 bridgehead atoms. The van der Waals surface area contributed by atoms with Crippen molar-refractivity contribution in [2.24, 2.45) is 17.3 Å². The Morgan fingerprint density at radius 1 is 1.44 bits per heavy atom. The van der Waals surface area contributed by atoms with Gasteiger partial charge in [0.15, 0.2) is 0 Å². The van der Waals surface area contributed by atoms with E-state index in [0.29, 0.717) is 17.3 Å². The van der Waals surface area contributed by atoms with Crippen molar-refractivity contribution in [2.75, 3.05) is 0 Å². The van der Waals surface area contributed by atoms with Gasteiger partial charge in [-0.2, -0.15) is 0 Å². The molecular formula is C15H25P. The maximum atomic E-state index is 2.63. The predicted octanol–water partition coefficient (Wildman–Crippen LogP) is 4.95. The molecule has 0 aromatic heterocycles. The molecule has 90 valence electrons. The van der Waals surface area contributed by atoms with E-state index in [-0.39, 0.29) is 0 Å². The van der Waals surface area contributed by atoms with Crippen LogP contribution in [0.15, 0.2) is 35.7 Å². The lowest BCUT2D eigenvalue weighted by Gasteiger charge is -2.36. The third kappa shape index (κ3) is 3.59. The van der Waals surface area contributed by atoms with Crippen LogP contribution in [0, 0.1) is 17.3 Å². The Morgan fingerprint density at radius 2 is 2.12 bits per heavy atom. The van der Waals surface area contributed by atoms with Crippen LogP contribution in [0.25, 0.3) is 0 Å². The highest BCUT2D eigenvalue weighted by molar-refractivity contribution is 7.20. The van der Waals surface area contributed by atoms with E-state index in [0.717, 1.165) is 0 Å². The maximum Gasteiger partial charge on any atom is 0.00255 e. The fourth-order valence-corrected chi connectivity index (χ4v) is 2.86. The molecule has 0 N–H and O–H groups in total. The van der Waals surface area contributed by atoms with E-state index >= 15 is 0 Å². The molecule has 0 saturated carbocycles. The zero-order valence-electron chi connectivity index (χ0n) is 11.0. The summed E-state index contributed by atoms with van der Waals surface area (Å²) in [7, 11) is 2.63. The summed E-state index contributed by atoms with van der Waals surface area (Å²) in [4.78, 5) is 0. The second-order valence-electron chi connectivity index (χ2n) is 5.58. The fourth-order valence-electron chi connectivity index (χ4n) is 2.51. The molecule has 16 heavy (non-hydrogen) atoms. The topological polar surface area (TPSA) is 0 Å². The van der Waals surface area contributed by atoms with Crippen molar-refractivity contribution >= 4 is 9.24 Å². The molecular weight excluding hydrogens is 211 g/mol. The van der Waals surface area contributed by atoms with Gasteiger partial charge in [-0.1, -0.05) is 56.5 Å². The Hall–Kier alpha value is -0.350. The molecule has 0 aliphatic heterocycles. The Bertz CT molecular complexity index is 307. The van der Waals surface area contributed by atoms with Crippen LogP contribution >= 0.6 is 9.24 Å². The van der Waals surface area contributed by atoms with Crippen LogP contribution in [0.1, 0.15) is 40.5 Å². The van der Waals surface area contributed by atoms with Crippen LogP contribution in [0.5, 0.6) is 0 Å². The average molecular weight is 236 g/mol. The summed E-state index contributed by atoms with van der Waals surface area (Å²) >= 11 is 0. The van der Waals surface area contributed by atoms with Crippen LogP contribution in [0.3, 0.4) is 0 Å². The minimum atomic E-state index is 0.416. The predicted molar refractivity (Wildman–Crippen MR) is 77.4 cm³/mol. The van der Waals surface area contributed by atoms with Gasteiger partial charge in [-0.15, -0.1) is 9.24 Å². The minimum Gasteiger partial charge on any atom is -0.114 e. The monoisotopic (exact) mass is 236 g/mol. The van der Waals surface area contributed by atoms with Gasteiger partial charge in [0.2, 0.25) is 0 Å². The van der Waals surface area contributed by atoms with Crippen LogP contribution in [-0.4, -0.2) is 0 Å². The van der Waals surface area contributed by atoms with Gasteiger partial charge in [-0.25, -0.2) is 0 Å². The summed E-state index contributed by atoms with van der Waals surface area (Å²) in [6.07, 6.45) is 11.9. The van der Waals surface area contributed by atoms with Gasteiger partial charge in [0, 0.05) is 5.92 Å². The van der Waals surface area contributed by atoms with Gasteiger partial charge in [-0.05, 0) is 31.1 Å². The SMILES string of the molecule is CC1=CCCC(C)(C)C1C=CC(C)C=CP. The van der Waals surface area contributed by atoms with Crippen molar-refractivity contribution in [3.05, 3.63) is 35.7 Å². The number of allylic oxidation sites excluding steroid dienone is 5. The molecule has 0 amide bonds. The van der Waals surface area contributed by atoms with E-state index in [9.17, 15) is 0 Å². The molecule has 0 nitrogen and oxygen atoms in total. The van der Waals surface area contributed by atoms with Gasteiger partial charge < -0.3 is 0 Å². The second kappa shape index (κ2) is 5.82. The van der Waals surface area contributed by atoms with E-state index in [1.807, 2.05) is 5.82 Å². The lowest BCUT2D eigenvalue weighted by atomic mass is 9.68. The third-order valence-corrected chi connectivity index (χ3v) is 3.83. The summed E-state index contributed by atoms with van der Waals surface area (Å²) in [5.74, 6) is 3.19. The molecule has 0 aromatic rings. The van der Waals surface area contributed by atoms with Crippen molar-refractivity contribution in [3.63, 3.8) is 0 Å². The molecule has 0 fully saturated rings. The summed E-state index contributed by atoms with van der Waals surface area (Å²) in [5, 5.41) is 0. The molecule has 0 heterocycles. The summed E-state index contributed by atoms with van der Waals surface area (Å²) in [5.41, 5.74) is 1.95. The molecule has 0 saturated heterocycles. The molecule has 0 aromatic carbocycles. The average Bonchev–Trinajstić information content (AvgIpc) is 2.16. The quantitative estimate of drug-likeness (QED) is 0.480. The van der Waals surface area contributed by atoms with Crippen LogP contribution in [0.4, 0.5) is 0 Å². The van der Waals surface area contributed by atoms with Crippen molar-refractivity contribution < 1.29 is 0 Å². The van der Waals surface area contributed by atoms with Gasteiger partial charge in [0.05, 0.1) is 0 Å². The van der Waals surface area contributed by atoms with E-state index in [1.54, 1.807) is 0 Å². The van der Waals surface area contributed by atoms with Crippen LogP contribution in [-0.2, 0) is 0 Å². The molecule has 3 atom stereocenters. The van der Waals surface area contributed by atoms with Crippen LogP contribution < -0.4 is 0 Å². The van der Waals surface area contributed by atoms with Gasteiger partial charge in [0.1, 0.15) is 0 Å². The normalized spacial score (nSPS) is 27.3. The Labute approximate surface area is 103 Å². The van der Waals surface area contributed by atoms with Gasteiger partial charge in [0.25, 0.3) is 0 Å². The summed E-state index contributed by atoms with van der Waals surface area (Å²) < 4.78 is 0. The van der Waals surface area contributed by atoms with Gasteiger partial charge in [-0.3, -0.25) is 0 Å². The van der Waals surface area contributed by atoms with Gasteiger partial charge >= 0.3 is 0 Å². The summed E-state index contributed by atoms with van der Waals surface area (Å²) in [6.45, 7) is 9.27. The zero-order valence-corrected chi connectivity index (χ0v) is 12.2. The Balaban J connectivity index is 2.77. The lowest BCUT2D eigenvalue weighted by molar-refractivity contribution is 0.255.